The number of hydrogen-bond donors (Lipinski definition) is 1. The van der Waals surface area contributed by atoms with Crippen molar-refractivity contribution in [2.24, 2.45) is 11.8 Å². The molecule has 2 rings (SSSR count). The molecule has 1 heterocycles. The lowest BCUT2D eigenvalue weighted by Gasteiger charge is -2.35. The van der Waals surface area contributed by atoms with Crippen LogP contribution in [0.4, 0.5) is 4.79 Å². The van der Waals surface area contributed by atoms with Gasteiger partial charge >= 0.3 is 6.03 Å². The molecular formula is C16H31N3O. The molecule has 0 radical (unpaired) electrons. The molecule has 0 aromatic heterocycles. The number of piperidine rings is 1. The molecule has 0 aromatic carbocycles. The van der Waals surface area contributed by atoms with E-state index in [0.717, 1.165) is 37.8 Å². The molecule has 0 spiro atoms. The zero-order chi connectivity index (χ0) is 14.5. The molecule has 0 bridgehead atoms. The van der Waals surface area contributed by atoms with Crippen molar-refractivity contribution in [3.05, 3.63) is 0 Å². The van der Waals surface area contributed by atoms with E-state index in [1.807, 2.05) is 19.0 Å². The summed E-state index contributed by atoms with van der Waals surface area (Å²) in [6.45, 7) is 5.36. The van der Waals surface area contributed by atoms with Crippen LogP contribution >= 0.6 is 0 Å². The molecule has 1 N–H and O–H groups in total. The van der Waals surface area contributed by atoms with Crippen LogP contribution in [0.3, 0.4) is 0 Å². The van der Waals surface area contributed by atoms with Gasteiger partial charge in [0.05, 0.1) is 0 Å². The van der Waals surface area contributed by atoms with E-state index in [0.29, 0.717) is 6.04 Å². The van der Waals surface area contributed by atoms with Crippen LogP contribution in [0.15, 0.2) is 0 Å². The SMILES string of the molecule is CC1CCCC(CNC2CCN(C(=O)N(C)C)CC2)C1. The fraction of sp³-hybridized carbons (Fsp3) is 0.938. The number of amides is 2. The number of nitrogens with one attached hydrogen (secondary N) is 1. The van der Waals surface area contributed by atoms with Gasteiger partial charge in [0.2, 0.25) is 0 Å². The van der Waals surface area contributed by atoms with E-state index in [1.165, 1.54) is 32.2 Å². The molecule has 1 saturated heterocycles. The fourth-order valence-electron chi connectivity index (χ4n) is 3.64. The topological polar surface area (TPSA) is 35.6 Å². The molecule has 2 atom stereocenters. The maximum absolute atomic E-state index is 11.9. The zero-order valence-corrected chi connectivity index (χ0v) is 13.4. The first-order chi connectivity index (χ1) is 9.56. The Hall–Kier alpha value is -0.770. The third-order valence-electron chi connectivity index (χ3n) is 4.89. The lowest BCUT2D eigenvalue weighted by molar-refractivity contribution is 0.150. The second kappa shape index (κ2) is 7.30. The highest BCUT2D eigenvalue weighted by molar-refractivity contribution is 5.73. The molecule has 2 amide bonds. The van der Waals surface area contributed by atoms with Crippen molar-refractivity contribution in [3.63, 3.8) is 0 Å². The van der Waals surface area contributed by atoms with E-state index in [4.69, 9.17) is 0 Å². The van der Waals surface area contributed by atoms with E-state index < -0.39 is 0 Å². The van der Waals surface area contributed by atoms with Crippen LogP contribution < -0.4 is 5.32 Å². The van der Waals surface area contributed by atoms with Gasteiger partial charge < -0.3 is 15.1 Å². The van der Waals surface area contributed by atoms with Crippen molar-refractivity contribution >= 4 is 6.03 Å². The van der Waals surface area contributed by atoms with Gasteiger partial charge in [-0.3, -0.25) is 0 Å². The second-order valence-corrected chi connectivity index (χ2v) is 6.98. The molecule has 2 aliphatic rings. The lowest BCUT2D eigenvalue weighted by atomic mass is 9.82. The molecular weight excluding hydrogens is 250 g/mol. The van der Waals surface area contributed by atoms with Gasteiger partial charge in [0.25, 0.3) is 0 Å². The van der Waals surface area contributed by atoms with Crippen LogP contribution in [0.25, 0.3) is 0 Å². The van der Waals surface area contributed by atoms with Crippen molar-refractivity contribution in [3.8, 4) is 0 Å². The maximum atomic E-state index is 11.9. The summed E-state index contributed by atoms with van der Waals surface area (Å²) < 4.78 is 0. The number of carbonyl (C=O) groups is 1. The minimum atomic E-state index is 0.157. The Morgan fingerprint density at radius 1 is 1.20 bits per heavy atom. The van der Waals surface area contributed by atoms with Crippen LogP contribution in [0.1, 0.15) is 45.4 Å². The Morgan fingerprint density at radius 3 is 2.50 bits per heavy atom. The monoisotopic (exact) mass is 281 g/mol. The van der Waals surface area contributed by atoms with E-state index in [1.54, 1.807) is 4.90 Å². The van der Waals surface area contributed by atoms with E-state index in [9.17, 15) is 4.79 Å². The van der Waals surface area contributed by atoms with Crippen molar-refractivity contribution < 1.29 is 4.79 Å². The standard InChI is InChI=1S/C16H31N3O/c1-13-5-4-6-14(11-13)12-17-15-7-9-19(10-8-15)16(20)18(2)3/h13-15,17H,4-12H2,1-3H3. The summed E-state index contributed by atoms with van der Waals surface area (Å²) in [5.41, 5.74) is 0. The van der Waals surface area contributed by atoms with Gasteiger partial charge in [-0.1, -0.05) is 19.8 Å². The van der Waals surface area contributed by atoms with Crippen LogP contribution in [0.5, 0.6) is 0 Å². The van der Waals surface area contributed by atoms with E-state index in [-0.39, 0.29) is 6.03 Å². The van der Waals surface area contributed by atoms with Crippen molar-refractivity contribution in [1.29, 1.82) is 0 Å². The Morgan fingerprint density at radius 2 is 1.90 bits per heavy atom. The van der Waals surface area contributed by atoms with Crippen LogP contribution in [0.2, 0.25) is 0 Å². The molecule has 1 aliphatic heterocycles. The quantitative estimate of drug-likeness (QED) is 0.863. The van der Waals surface area contributed by atoms with Crippen LogP contribution in [0, 0.1) is 11.8 Å². The lowest BCUT2D eigenvalue weighted by Crippen LogP contribution is -2.48. The molecule has 4 heteroatoms. The number of nitrogens with zero attached hydrogens (tertiary/aromatic N) is 2. The summed E-state index contributed by atoms with van der Waals surface area (Å²) in [6.07, 6.45) is 7.81. The summed E-state index contributed by atoms with van der Waals surface area (Å²) in [5.74, 6) is 1.79. The van der Waals surface area contributed by atoms with Gasteiger partial charge in [-0.2, -0.15) is 0 Å². The van der Waals surface area contributed by atoms with Gasteiger partial charge in [-0.15, -0.1) is 0 Å². The number of likely N-dealkylation sites (tertiary alicyclic amines) is 1. The fourth-order valence-corrected chi connectivity index (χ4v) is 3.64. The van der Waals surface area contributed by atoms with E-state index >= 15 is 0 Å². The number of hydrogen-bond acceptors (Lipinski definition) is 2. The summed E-state index contributed by atoms with van der Waals surface area (Å²) in [6, 6.07) is 0.767. The molecule has 1 saturated carbocycles. The van der Waals surface area contributed by atoms with Crippen molar-refractivity contribution in [1.82, 2.24) is 15.1 Å². The molecule has 20 heavy (non-hydrogen) atoms. The predicted octanol–water partition coefficient (Wildman–Crippen LogP) is 2.55. The normalized spacial score (nSPS) is 28.4. The molecule has 0 aromatic rings. The molecule has 4 nitrogen and oxygen atoms in total. The molecule has 116 valence electrons. The van der Waals surface area contributed by atoms with Crippen molar-refractivity contribution in [2.75, 3.05) is 33.7 Å². The minimum Gasteiger partial charge on any atom is -0.331 e. The number of urea groups is 1. The van der Waals surface area contributed by atoms with Gasteiger partial charge in [-0.05, 0) is 44.1 Å². The average Bonchev–Trinajstić information content (AvgIpc) is 2.45. The second-order valence-electron chi connectivity index (χ2n) is 6.98. The Balaban J connectivity index is 1.65. The Labute approximate surface area is 123 Å². The summed E-state index contributed by atoms with van der Waals surface area (Å²) in [4.78, 5) is 15.5. The highest BCUT2D eigenvalue weighted by Gasteiger charge is 2.25. The summed E-state index contributed by atoms with van der Waals surface area (Å²) in [7, 11) is 3.66. The third kappa shape index (κ3) is 4.37. The first-order valence-electron chi connectivity index (χ1n) is 8.26. The summed E-state index contributed by atoms with van der Waals surface area (Å²) in [5, 5.41) is 3.75. The van der Waals surface area contributed by atoms with Gasteiger partial charge in [0.15, 0.2) is 0 Å². The minimum absolute atomic E-state index is 0.157. The smallest absolute Gasteiger partial charge is 0.319 e. The zero-order valence-electron chi connectivity index (χ0n) is 13.4. The van der Waals surface area contributed by atoms with Gasteiger partial charge in [0, 0.05) is 33.2 Å². The van der Waals surface area contributed by atoms with Crippen molar-refractivity contribution in [2.45, 2.75) is 51.5 Å². The average molecular weight is 281 g/mol. The molecule has 1 aliphatic carbocycles. The highest BCUT2D eigenvalue weighted by Crippen LogP contribution is 2.28. The number of rotatable bonds is 3. The van der Waals surface area contributed by atoms with Crippen LogP contribution in [-0.2, 0) is 0 Å². The largest absolute Gasteiger partial charge is 0.331 e. The Bertz CT molecular complexity index is 311. The summed E-state index contributed by atoms with van der Waals surface area (Å²) >= 11 is 0. The van der Waals surface area contributed by atoms with E-state index in [2.05, 4.69) is 12.2 Å². The van der Waals surface area contributed by atoms with Crippen LogP contribution in [-0.4, -0.2) is 55.6 Å². The van der Waals surface area contributed by atoms with Gasteiger partial charge in [0.1, 0.15) is 0 Å². The molecule has 2 fully saturated rings. The molecule has 2 unspecified atom stereocenters. The highest BCUT2D eigenvalue weighted by atomic mass is 16.2. The first kappa shape index (κ1) is 15.6. The first-order valence-corrected chi connectivity index (χ1v) is 8.26. The Kier molecular flexibility index (Phi) is 5.70. The predicted molar refractivity (Wildman–Crippen MR) is 82.8 cm³/mol. The van der Waals surface area contributed by atoms with Gasteiger partial charge in [-0.25, -0.2) is 4.79 Å². The third-order valence-corrected chi connectivity index (χ3v) is 4.89. The maximum Gasteiger partial charge on any atom is 0.319 e. The number of carbonyl (C=O) groups excluding carboxylic acids is 1.